The topological polar surface area (TPSA) is 78.5 Å². The molecule has 2 aromatic carbocycles. The summed E-state index contributed by atoms with van der Waals surface area (Å²) in [5, 5.41) is 5.75. The van der Waals surface area contributed by atoms with E-state index in [-0.39, 0.29) is 23.6 Å². The summed E-state index contributed by atoms with van der Waals surface area (Å²) in [6.07, 6.45) is 2.89. The fraction of sp³-hybridized carbons (Fsp3) is 0.346. The lowest BCUT2D eigenvalue weighted by Crippen LogP contribution is -2.53. The summed E-state index contributed by atoms with van der Waals surface area (Å²) in [7, 11) is 0. The smallest absolute Gasteiger partial charge is 0.254 e. The minimum atomic E-state index is -0.668. The van der Waals surface area contributed by atoms with E-state index >= 15 is 0 Å². The molecule has 0 aliphatic carbocycles. The number of piperidine rings is 1. The van der Waals surface area contributed by atoms with E-state index in [1.165, 1.54) is 0 Å². The monoisotopic (exact) mass is 433 g/mol. The normalized spacial score (nSPS) is 15.0. The number of amides is 3. The van der Waals surface area contributed by atoms with Gasteiger partial charge in [-0.05, 0) is 56.4 Å². The van der Waals surface area contributed by atoms with Crippen molar-refractivity contribution in [2.75, 3.05) is 19.6 Å². The third-order valence-electron chi connectivity index (χ3n) is 5.94. The second kappa shape index (κ2) is 10.8. The molecule has 3 rings (SSSR count). The number of carbonyl (C=O) groups excluding carboxylic acids is 3. The van der Waals surface area contributed by atoms with Gasteiger partial charge in [-0.1, -0.05) is 42.0 Å². The lowest BCUT2D eigenvalue weighted by atomic mass is 9.88. The van der Waals surface area contributed by atoms with E-state index in [0.717, 1.165) is 11.1 Å². The summed E-state index contributed by atoms with van der Waals surface area (Å²) in [5.41, 5.74) is 3.16. The molecule has 3 amide bonds. The van der Waals surface area contributed by atoms with Gasteiger partial charge in [0, 0.05) is 30.8 Å². The number of nitrogens with one attached hydrogen (secondary N) is 2. The van der Waals surface area contributed by atoms with Crippen molar-refractivity contribution in [1.82, 2.24) is 15.5 Å². The van der Waals surface area contributed by atoms with Crippen LogP contribution in [0, 0.1) is 19.8 Å². The van der Waals surface area contributed by atoms with Crippen LogP contribution in [-0.4, -0.2) is 48.3 Å². The van der Waals surface area contributed by atoms with Crippen LogP contribution in [0.25, 0.3) is 0 Å². The molecular weight excluding hydrogens is 402 g/mol. The highest BCUT2D eigenvalue weighted by Crippen LogP contribution is 2.24. The van der Waals surface area contributed by atoms with Crippen molar-refractivity contribution in [2.45, 2.75) is 32.7 Å². The summed E-state index contributed by atoms with van der Waals surface area (Å²) in [6, 6.07) is 14.2. The molecule has 0 spiro atoms. The first-order valence-corrected chi connectivity index (χ1v) is 11.0. The number of likely N-dealkylation sites (tertiary alicyclic amines) is 1. The molecule has 1 fully saturated rings. The van der Waals surface area contributed by atoms with Gasteiger partial charge in [-0.15, -0.1) is 6.58 Å². The molecule has 1 aliphatic heterocycles. The first-order valence-electron chi connectivity index (χ1n) is 11.0. The number of carbonyl (C=O) groups is 3. The first-order chi connectivity index (χ1) is 15.4. The Bertz CT molecular complexity index is 993. The maximum atomic E-state index is 12.9. The van der Waals surface area contributed by atoms with Crippen LogP contribution in [0.2, 0.25) is 0 Å². The van der Waals surface area contributed by atoms with Crippen LogP contribution < -0.4 is 10.6 Å². The van der Waals surface area contributed by atoms with Crippen molar-refractivity contribution < 1.29 is 14.4 Å². The lowest BCUT2D eigenvalue weighted by molar-refractivity contribution is -0.124. The van der Waals surface area contributed by atoms with E-state index in [1.807, 2.05) is 55.1 Å². The Balaban J connectivity index is 1.70. The van der Waals surface area contributed by atoms with Gasteiger partial charge in [0.1, 0.15) is 6.04 Å². The zero-order valence-corrected chi connectivity index (χ0v) is 18.8. The molecular formula is C26H31N3O3. The average Bonchev–Trinajstić information content (AvgIpc) is 2.81. The first kappa shape index (κ1) is 23.3. The largest absolute Gasteiger partial charge is 0.351 e. The van der Waals surface area contributed by atoms with Gasteiger partial charge in [0.2, 0.25) is 5.91 Å². The zero-order valence-electron chi connectivity index (χ0n) is 18.8. The molecule has 0 saturated carbocycles. The summed E-state index contributed by atoms with van der Waals surface area (Å²) >= 11 is 0. The fourth-order valence-corrected chi connectivity index (χ4v) is 4.11. The van der Waals surface area contributed by atoms with Crippen LogP contribution in [0.3, 0.4) is 0 Å². The van der Waals surface area contributed by atoms with E-state index in [1.54, 1.807) is 18.2 Å². The van der Waals surface area contributed by atoms with Crippen molar-refractivity contribution in [1.29, 1.82) is 0 Å². The van der Waals surface area contributed by atoms with E-state index in [0.29, 0.717) is 43.6 Å². The molecule has 1 heterocycles. The Morgan fingerprint density at radius 1 is 1.09 bits per heavy atom. The van der Waals surface area contributed by atoms with Crippen LogP contribution >= 0.6 is 0 Å². The van der Waals surface area contributed by atoms with Gasteiger partial charge in [0.15, 0.2) is 0 Å². The molecule has 0 aromatic heterocycles. The average molecular weight is 434 g/mol. The Morgan fingerprint density at radius 3 is 2.47 bits per heavy atom. The Labute approximate surface area is 189 Å². The molecule has 6 nitrogen and oxygen atoms in total. The summed E-state index contributed by atoms with van der Waals surface area (Å²) < 4.78 is 0. The van der Waals surface area contributed by atoms with E-state index in [4.69, 9.17) is 0 Å². The number of nitrogens with zero attached hydrogens (tertiary/aromatic N) is 1. The van der Waals surface area contributed by atoms with Gasteiger partial charge in [-0.2, -0.15) is 0 Å². The van der Waals surface area contributed by atoms with E-state index in [2.05, 4.69) is 17.2 Å². The highest BCUT2D eigenvalue weighted by Gasteiger charge is 2.34. The predicted octanol–water partition coefficient (Wildman–Crippen LogP) is 3.26. The highest BCUT2D eigenvalue weighted by atomic mass is 16.2. The Kier molecular flexibility index (Phi) is 7.82. The van der Waals surface area contributed by atoms with Gasteiger partial charge in [-0.3, -0.25) is 14.4 Å². The van der Waals surface area contributed by atoms with Gasteiger partial charge in [0.25, 0.3) is 11.8 Å². The van der Waals surface area contributed by atoms with E-state index in [9.17, 15) is 14.4 Å². The molecule has 1 atom stereocenters. The highest BCUT2D eigenvalue weighted by molar-refractivity contribution is 5.98. The molecule has 0 radical (unpaired) electrons. The summed E-state index contributed by atoms with van der Waals surface area (Å²) in [4.78, 5) is 40.5. The molecule has 2 aromatic rings. The summed E-state index contributed by atoms with van der Waals surface area (Å²) in [6.45, 7) is 8.92. The van der Waals surface area contributed by atoms with Crippen molar-refractivity contribution >= 4 is 17.7 Å². The zero-order chi connectivity index (χ0) is 23.1. The third kappa shape index (κ3) is 5.63. The maximum absolute atomic E-state index is 12.9. The quantitative estimate of drug-likeness (QED) is 0.658. The number of rotatable bonds is 7. The van der Waals surface area contributed by atoms with Crippen LogP contribution in [0.5, 0.6) is 0 Å². The summed E-state index contributed by atoms with van der Waals surface area (Å²) in [5.74, 6) is -0.548. The molecule has 32 heavy (non-hydrogen) atoms. The molecule has 1 aliphatic rings. The molecule has 0 bridgehead atoms. The number of hydrogen-bond donors (Lipinski definition) is 2. The van der Waals surface area contributed by atoms with Gasteiger partial charge < -0.3 is 15.5 Å². The van der Waals surface area contributed by atoms with Crippen LogP contribution in [0.15, 0.2) is 61.2 Å². The molecule has 2 N–H and O–H groups in total. The van der Waals surface area contributed by atoms with Crippen LogP contribution in [0.4, 0.5) is 0 Å². The third-order valence-corrected chi connectivity index (χ3v) is 5.94. The number of hydrogen-bond acceptors (Lipinski definition) is 3. The Hall–Kier alpha value is -3.41. The molecule has 1 saturated heterocycles. The SMILES string of the molecule is C=CCNC(=O)[C@@H](NC(=O)c1cccc(C)c1)C1CCN(C(=O)c2ccccc2C)CC1. The second-order valence-electron chi connectivity index (χ2n) is 8.30. The van der Waals surface area contributed by atoms with E-state index < -0.39 is 6.04 Å². The van der Waals surface area contributed by atoms with Crippen molar-refractivity contribution in [3.05, 3.63) is 83.4 Å². The lowest BCUT2D eigenvalue weighted by Gasteiger charge is -2.36. The second-order valence-corrected chi connectivity index (χ2v) is 8.30. The molecule has 0 unspecified atom stereocenters. The molecule has 6 heteroatoms. The van der Waals surface area contributed by atoms with Crippen molar-refractivity contribution in [3.63, 3.8) is 0 Å². The van der Waals surface area contributed by atoms with Crippen molar-refractivity contribution in [3.8, 4) is 0 Å². The standard InChI is InChI=1S/C26H31N3O3/c1-4-14-27-25(31)23(28-24(30)21-10-7-8-18(2)17-21)20-12-15-29(16-13-20)26(32)22-11-6-5-9-19(22)3/h4-11,17,20,23H,1,12-16H2,2-3H3,(H,27,31)(H,28,30)/t23-/m0/s1. The fourth-order valence-electron chi connectivity index (χ4n) is 4.11. The van der Waals surface area contributed by atoms with Gasteiger partial charge in [-0.25, -0.2) is 0 Å². The predicted molar refractivity (Wildman–Crippen MR) is 125 cm³/mol. The van der Waals surface area contributed by atoms with Gasteiger partial charge >= 0.3 is 0 Å². The maximum Gasteiger partial charge on any atom is 0.254 e. The minimum absolute atomic E-state index is 0.0120. The minimum Gasteiger partial charge on any atom is -0.351 e. The van der Waals surface area contributed by atoms with Crippen LogP contribution in [0.1, 0.15) is 44.7 Å². The van der Waals surface area contributed by atoms with Crippen LogP contribution in [-0.2, 0) is 4.79 Å². The van der Waals surface area contributed by atoms with Crippen molar-refractivity contribution in [2.24, 2.45) is 5.92 Å². The Morgan fingerprint density at radius 2 is 1.81 bits per heavy atom. The van der Waals surface area contributed by atoms with Gasteiger partial charge in [0.05, 0.1) is 0 Å². The number of benzene rings is 2. The molecule has 168 valence electrons. The number of aryl methyl sites for hydroxylation is 2.